The number of hydrogen-bond donors (Lipinski definition) is 1. The molecule has 2 aliphatic rings. The topological polar surface area (TPSA) is 121 Å². The van der Waals surface area contributed by atoms with Gasteiger partial charge < -0.3 is 14.4 Å². The lowest BCUT2D eigenvalue weighted by molar-refractivity contribution is -0.123. The van der Waals surface area contributed by atoms with E-state index >= 15 is 0 Å². The lowest BCUT2D eigenvalue weighted by atomic mass is 9.73. The quantitative estimate of drug-likeness (QED) is 0.252. The van der Waals surface area contributed by atoms with Gasteiger partial charge in [0.1, 0.15) is 15.5 Å². The number of nitrogens with zero attached hydrogens (tertiary/aromatic N) is 3. The summed E-state index contributed by atoms with van der Waals surface area (Å²) in [5.41, 5.74) is 1.59. The maximum absolute atomic E-state index is 14.1. The van der Waals surface area contributed by atoms with E-state index in [9.17, 15) is 23.1 Å². The van der Waals surface area contributed by atoms with Gasteiger partial charge in [0.05, 0.1) is 29.7 Å². The third-order valence-corrected chi connectivity index (χ3v) is 11.7. The van der Waals surface area contributed by atoms with Gasteiger partial charge >= 0.3 is 5.97 Å². The second-order valence-electron chi connectivity index (χ2n) is 11.5. The Labute approximate surface area is 254 Å². The zero-order valence-electron chi connectivity index (χ0n) is 24.0. The largest absolute Gasteiger partial charge is 0.477 e. The fraction of sp³-hybridized carbons (Fsp3) is 0.344. The first-order chi connectivity index (χ1) is 20.6. The number of thiophene rings is 1. The number of furan rings is 1. The van der Waals surface area contributed by atoms with Crippen LogP contribution in [0.5, 0.6) is 0 Å². The molecule has 1 atom stereocenters. The van der Waals surface area contributed by atoms with Gasteiger partial charge in [-0.05, 0) is 62.4 Å². The zero-order valence-corrected chi connectivity index (χ0v) is 25.7. The van der Waals surface area contributed by atoms with Crippen LogP contribution in [0.2, 0.25) is 0 Å². The summed E-state index contributed by atoms with van der Waals surface area (Å²) in [6, 6.07) is 16.2. The smallest absolute Gasteiger partial charge is 0.348 e. The molecule has 1 saturated carbocycles. The van der Waals surface area contributed by atoms with Crippen molar-refractivity contribution in [2.75, 3.05) is 18.0 Å². The number of carbonyl (C=O) groups is 2. The van der Waals surface area contributed by atoms with Crippen LogP contribution < -0.4 is 4.90 Å². The molecule has 2 fully saturated rings. The number of carbonyl (C=O) groups excluding carboxylic acids is 1. The van der Waals surface area contributed by atoms with Crippen LogP contribution in [0.3, 0.4) is 0 Å². The molecule has 0 radical (unpaired) electrons. The van der Waals surface area contributed by atoms with E-state index in [0.717, 1.165) is 59.4 Å². The van der Waals surface area contributed by atoms with E-state index in [4.69, 9.17) is 4.42 Å². The van der Waals surface area contributed by atoms with Crippen LogP contribution in [0.1, 0.15) is 54.5 Å². The van der Waals surface area contributed by atoms with Crippen molar-refractivity contribution < 1.29 is 27.5 Å². The van der Waals surface area contributed by atoms with E-state index in [0.29, 0.717) is 17.1 Å². The van der Waals surface area contributed by atoms with Gasteiger partial charge in [-0.15, -0.1) is 11.3 Å². The van der Waals surface area contributed by atoms with Gasteiger partial charge in [0.2, 0.25) is 15.9 Å². The maximum atomic E-state index is 14.1. The standard InChI is InChI=1S/C32H33N3O6S2/c1-21-25(15-16-41-21)26-14-13-24(18-33-26)43(39,40)34-19-29(36)35(32(2,20-34)23-11-7-4-8-12-23)27-17-28(42-30(27)31(37)38)22-9-5-3-6-10-22/h3,5-6,9-10,13-18,23H,4,7-8,11-12,19-20H2,1-2H3,(H,37,38). The maximum Gasteiger partial charge on any atom is 0.348 e. The first-order valence-corrected chi connectivity index (χ1v) is 16.6. The number of benzene rings is 1. The lowest BCUT2D eigenvalue weighted by Crippen LogP contribution is -2.68. The minimum atomic E-state index is -4.08. The summed E-state index contributed by atoms with van der Waals surface area (Å²) in [6.45, 7) is 3.37. The predicted molar refractivity (Wildman–Crippen MR) is 165 cm³/mol. The van der Waals surface area contributed by atoms with Gasteiger partial charge in [-0.3, -0.25) is 9.78 Å². The van der Waals surface area contributed by atoms with E-state index in [-0.39, 0.29) is 22.2 Å². The summed E-state index contributed by atoms with van der Waals surface area (Å²) in [4.78, 5) is 33.4. The third kappa shape index (κ3) is 5.30. The van der Waals surface area contributed by atoms with Crippen LogP contribution in [0.15, 0.2) is 76.4 Å². The number of aromatic nitrogens is 1. The first kappa shape index (κ1) is 29.3. The minimum Gasteiger partial charge on any atom is -0.477 e. The van der Waals surface area contributed by atoms with Crippen LogP contribution in [0, 0.1) is 12.8 Å². The van der Waals surface area contributed by atoms with Crippen LogP contribution in [0.25, 0.3) is 21.7 Å². The number of carboxylic acids is 1. The van der Waals surface area contributed by atoms with Crippen molar-refractivity contribution >= 4 is 38.9 Å². The first-order valence-electron chi connectivity index (χ1n) is 14.4. The van der Waals surface area contributed by atoms with E-state index in [2.05, 4.69) is 4.98 Å². The van der Waals surface area contributed by atoms with Crippen molar-refractivity contribution in [2.24, 2.45) is 5.92 Å². The minimum absolute atomic E-state index is 0.00207. The van der Waals surface area contributed by atoms with Crippen LogP contribution in [-0.4, -0.2) is 53.3 Å². The van der Waals surface area contributed by atoms with Crippen LogP contribution in [-0.2, 0) is 14.8 Å². The number of pyridine rings is 1. The van der Waals surface area contributed by atoms with Crippen molar-refractivity contribution in [1.82, 2.24) is 9.29 Å². The van der Waals surface area contributed by atoms with Crippen molar-refractivity contribution in [3.63, 3.8) is 0 Å². The molecule has 4 aromatic rings. The normalized spacial score (nSPS) is 20.4. The van der Waals surface area contributed by atoms with Gasteiger partial charge in [0.25, 0.3) is 0 Å². The number of amides is 1. The van der Waals surface area contributed by atoms with Crippen LogP contribution in [0.4, 0.5) is 5.69 Å². The molecular formula is C32H33N3O6S2. The molecule has 1 unspecified atom stereocenters. The van der Waals surface area contributed by atoms with E-state index < -0.39 is 34.0 Å². The Morgan fingerprint density at radius 2 is 1.84 bits per heavy atom. The highest BCUT2D eigenvalue weighted by molar-refractivity contribution is 7.89. The second-order valence-corrected chi connectivity index (χ2v) is 14.5. The molecule has 4 heterocycles. The molecule has 0 bridgehead atoms. The highest BCUT2D eigenvalue weighted by Gasteiger charge is 2.51. The van der Waals surface area contributed by atoms with Gasteiger partial charge in [-0.2, -0.15) is 4.31 Å². The molecule has 3 aromatic heterocycles. The Balaban J connectivity index is 1.39. The molecular weight excluding hydrogens is 587 g/mol. The predicted octanol–water partition coefficient (Wildman–Crippen LogP) is 6.45. The number of carboxylic acid groups (broad SMARTS) is 1. The molecule has 1 aromatic carbocycles. The fourth-order valence-electron chi connectivity index (χ4n) is 6.54. The molecule has 1 aliphatic heterocycles. The van der Waals surface area contributed by atoms with E-state index in [1.54, 1.807) is 29.4 Å². The number of piperazine rings is 1. The van der Waals surface area contributed by atoms with Crippen molar-refractivity contribution in [3.8, 4) is 21.7 Å². The average Bonchev–Trinajstić information content (AvgIpc) is 3.64. The molecule has 224 valence electrons. The Hall–Kier alpha value is -3.80. The molecule has 9 nitrogen and oxygen atoms in total. The van der Waals surface area contributed by atoms with Crippen molar-refractivity contribution in [1.29, 1.82) is 0 Å². The Morgan fingerprint density at radius 3 is 2.47 bits per heavy atom. The molecule has 0 spiro atoms. The SMILES string of the molecule is Cc1occc1-c1ccc(S(=O)(=O)N2CC(=O)N(c3cc(-c4ccccc4)sc3C(=O)O)C(C)(C3CCCCC3)C2)cn1. The van der Waals surface area contributed by atoms with Gasteiger partial charge in [0, 0.05) is 23.2 Å². The Bertz CT molecular complexity index is 1760. The molecule has 1 aliphatic carbocycles. The summed E-state index contributed by atoms with van der Waals surface area (Å²) in [5.74, 6) is -0.886. The van der Waals surface area contributed by atoms with Crippen LogP contribution >= 0.6 is 11.3 Å². The number of sulfonamides is 1. The summed E-state index contributed by atoms with van der Waals surface area (Å²) in [7, 11) is -4.08. The zero-order chi connectivity index (χ0) is 30.4. The fourth-order valence-corrected chi connectivity index (χ4v) is 8.97. The second kappa shape index (κ2) is 11.4. The molecule has 6 rings (SSSR count). The van der Waals surface area contributed by atoms with Crippen molar-refractivity contribution in [2.45, 2.75) is 56.4 Å². The molecule has 11 heteroatoms. The van der Waals surface area contributed by atoms with Gasteiger partial charge in [-0.25, -0.2) is 13.2 Å². The number of aryl methyl sites for hydroxylation is 1. The highest BCUT2D eigenvalue weighted by atomic mass is 32.2. The molecule has 1 N–H and O–H groups in total. The van der Waals surface area contributed by atoms with Gasteiger partial charge in [-0.1, -0.05) is 49.6 Å². The number of anilines is 1. The highest BCUT2D eigenvalue weighted by Crippen LogP contribution is 2.46. The lowest BCUT2D eigenvalue weighted by Gasteiger charge is -2.52. The summed E-state index contributed by atoms with van der Waals surface area (Å²) < 4.78 is 34.6. The Kier molecular flexibility index (Phi) is 7.74. The van der Waals surface area contributed by atoms with E-state index in [1.165, 1.54) is 16.6 Å². The molecule has 43 heavy (non-hydrogen) atoms. The number of hydrogen-bond acceptors (Lipinski definition) is 7. The molecule has 1 amide bonds. The monoisotopic (exact) mass is 619 g/mol. The Morgan fingerprint density at radius 1 is 1.09 bits per heavy atom. The van der Waals surface area contributed by atoms with Crippen molar-refractivity contribution in [3.05, 3.63) is 77.7 Å². The van der Waals surface area contributed by atoms with Gasteiger partial charge in [0.15, 0.2) is 0 Å². The average molecular weight is 620 g/mol. The summed E-state index contributed by atoms with van der Waals surface area (Å²) in [6.07, 6.45) is 7.55. The number of rotatable bonds is 7. The molecule has 1 saturated heterocycles. The third-order valence-electron chi connectivity index (χ3n) is 8.77. The number of aromatic carboxylic acids is 1. The van der Waals surface area contributed by atoms with E-state index in [1.807, 2.05) is 44.2 Å². The summed E-state index contributed by atoms with van der Waals surface area (Å²) in [5, 5.41) is 10.2. The summed E-state index contributed by atoms with van der Waals surface area (Å²) >= 11 is 1.13.